The quantitative estimate of drug-likeness (QED) is 0.757. The topological polar surface area (TPSA) is 33.0 Å². The van der Waals surface area contributed by atoms with Gasteiger partial charge in [-0.15, -0.1) is 0 Å². The fourth-order valence-corrected chi connectivity index (χ4v) is 1.54. The van der Waals surface area contributed by atoms with Crippen LogP contribution in [0.2, 0.25) is 0 Å². The Kier molecular flexibility index (Phi) is 2.63. The van der Waals surface area contributed by atoms with Crippen molar-refractivity contribution < 1.29 is 4.74 Å². The van der Waals surface area contributed by atoms with E-state index in [0.717, 1.165) is 18.6 Å². The lowest BCUT2D eigenvalue weighted by Crippen LogP contribution is -2.11. The first kappa shape index (κ1) is 11.0. The Morgan fingerprint density at radius 1 is 1.31 bits per heavy atom. The number of benzene rings is 1. The van der Waals surface area contributed by atoms with E-state index in [4.69, 9.17) is 10.00 Å². The van der Waals surface area contributed by atoms with Gasteiger partial charge in [-0.1, -0.05) is 26.8 Å². The summed E-state index contributed by atoms with van der Waals surface area (Å²) in [5.74, 6) is 0.748. The number of nitrogens with zero attached hydrogens (tertiary/aromatic N) is 1. The lowest BCUT2D eigenvalue weighted by molar-refractivity contribution is 0.301. The molecule has 0 aliphatic heterocycles. The Bertz CT molecular complexity index is 433. The standard InChI is InChI=1S/C14H17NO/c1-14(2,3)11-5-4-10(9-15)13(8-11)16-12-6-7-12/h4-5,8,12H,6-7H2,1-3H3. The van der Waals surface area contributed by atoms with E-state index in [2.05, 4.69) is 26.8 Å². The molecule has 16 heavy (non-hydrogen) atoms. The summed E-state index contributed by atoms with van der Waals surface area (Å²) in [6, 6.07) is 8.06. The Labute approximate surface area is 96.9 Å². The van der Waals surface area contributed by atoms with E-state index in [9.17, 15) is 0 Å². The number of ether oxygens (including phenoxy) is 1. The van der Waals surface area contributed by atoms with Gasteiger partial charge in [0, 0.05) is 0 Å². The van der Waals surface area contributed by atoms with Crippen LogP contribution in [0, 0.1) is 11.3 Å². The van der Waals surface area contributed by atoms with Gasteiger partial charge in [-0.3, -0.25) is 0 Å². The molecule has 0 heterocycles. The number of rotatable bonds is 2. The van der Waals surface area contributed by atoms with Gasteiger partial charge in [0.05, 0.1) is 11.7 Å². The summed E-state index contributed by atoms with van der Waals surface area (Å²) >= 11 is 0. The first-order valence-electron chi connectivity index (χ1n) is 5.72. The highest BCUT2D eigenvalue weighted by Crippen LogP contribution is 2.32. The van der Waals surface area contributed by atoms with Crippen molar-refractivity contribution in [3.63, 3.8) is 0 Å². The third-order valence-electron chi connectivity index (χ3n) is 2.79. The fourth-order valence-electron chi connectivity index (χ4n) is 1.54. The number of hydrogen-bond donors (Lipinski definition) is 0. The molecule has 2 nitrogen and oxygen atoms in total. The van der Waals surface area contributed by atoms with Crippen LogP contribution in [-0.2, 0) is 5.41 Å². The highest BCUT2D eigenvalue weighted by atomic mass is 16.5. The molecule has 0 unspecified atom stereocenters. The van der Waals surface area contributed by atoms with Gasteiger partial charge in [0.2, 0.25) is 0 Å². The summed E-state index contributed by atoms with van der Waals surface area (Å²) in [6.07, 6.45) is 2.57. The molecule has 1 aliphatic rings. The minimum atomic E-state index is 0.0929. The van der Waals surface area contributed by atoms with Crippen LogP contribution in [-0.4, -0.2) is 6.10 Å². The average Bonchev–Trinajstić information content (AvgIpc) is 3.00. The highest BCUT2D eigenvalue weighted by Gasteiger charge is 2.25. The molecular formula is C14H17NO. The minimum absolute atomic E-state index is 0.0929. The zero-order valence-corrected chi connectivity index (χ0v) is 10.1. The van der Waals surface area contributed by atoms with Crippen LogP contribution in [0.4, 0.5) is 0 Å². The first-order valence-corrected chi connectivity index (χ1v) is 5.72. The largest absolute Gasteiger partial charge is 0.489 e. The Hall–Kier alpha value is -1.49. The monoisotopic (exact) mass is 215 g/mol. The summed E-state index contributed by atoms with van der Waals surface area (Å²) in [5, 5.41) is 9.02. The van der Waals surface area contributed by atoms with Crippen LogP contribution in [0.25, 0.3) is 0 Å². The van der Waals surface area contributed by atoms with E-state index in [1.807, 2.05) is 18.2 Å². The number of nitriles is 1. The second-order valence-electron chi connectivity index (χ2n) is 5.39. The van der Waals surface area contributed by atoms with Gasteiger partial charge >= 0.3 is 0 Å². The summed E-state index contributed by atoms with van der Waals surface area (Å²) in [5.41, 5.74) is 1.94. The van der Waals surface area contributed by atoms with Gasteiger partial charge in [-0.25, -0.2) is 0 Å². The van der Waals surface area contributed by atoms with Gasteiger partial charge in [0.15, 0.2) is 0 Å². The normalized spacial score (nSPS) is 15.6. The van der Waals surface area contributed by atoms with Crippen LogP contribution in [0.1, 0.15) is 44.7 Å². The van der Waals surface area contributed by atoms with E-state index < -0.39 is 0 Å². The molecule has 0 amide bonds. The molecule has 0 spiro atoms. The van der Waals surface area contributed by atoms with Crippen molar-refractivity contribution >= 4 is 0 Å². The molecule has 2 heteroatoms. The lowest BCUT2D eigenvalue weighted by Gasteiger charge is -2.20. The van der Waals surface area contributed by atoms with Gasteiger partial charge in [-0.05, 0) is 36.0 Å². The second-order valence-corrected chi connectivity index (χ2v) is 5.39. The van der Waals surface area contributed by atoms with Gasteiger partial charge in [-0.2, -0.15) is 5.26 Å². The van der Waals surface area contributed by atoms with Crippen molar-refractivity contribution in [2.75, 3.05) is 0 Å². The third-order valence-corrected chi connectivity index (χ3v) is 2.79. The van der Waals surface area contributed by atoms with E-state index in [-0.39, 0.29) is 5.41 Å². The molecule has 0 aromatic heterocycles. The first-order chi connectivity index (χ1) is 7.50. The molecule has 84 valence electrons. The van der Waals surface area contributed by atoms with Crippen LogP contribution in [0.3, 0.4) is 0 Å². The number of hydrogen-bond acceptors (Lipinski definition) is 2. The highest BCUT2D eigenvalue weighted by molar-refractivity contribution is 5.47. The summed E-state index contributed by atoms with van der Waals surface area (Å²) in [6.45, 7) is 6.49. The van der Waals surface area contributed by atoms with E-state index >= 15 is 0 Å². The van der Waals surface area contributed by atoms with E-state index in [0.29, 0.717) is 11.7 Å². The maximum atomic E-state index is 9.02. The zero-order chi connectivity index (χ0) is 11.8. The van der Waals surface area contributed by atoms with Crippen molar-refractivity contribution in [1.29, 1.82) is 5.26 Å². The van der Waals surface area contributed by atoms with E-state index in [1.165, 1.54) is 5.56 Å². The minimum Gasteiger partial charge on any atom is -0.489 e. The maximum absolute atomic E-state index is 9.02. The molecule has 1 aromatic carbocycles. The van der Waals surface area contributed by atoms with Crippen LogP contribution in [0.15, 0.2) is 18.2 Å². The van der Waals surface area contributed by atoms with Gasteiger partial charge in [0.1, 0.15) is 11.8 Å². The molecule has 0 N–H and O–H groups in total. The molecule has 2 rings (SSSR count). The van der Waals surface area contributed by atoms with Crippen molar-refractivity contribution in [1.82, 2.24) is 0 Å². The predicted octanol–water partition coefficient (Wildman–Crippen LogP) is 3.40. The molecule has 1 aromatic rings. The zero-order valence-electron chi connectivity index (χ0n) is 10.1. The summed E-state index contributed by atoms with van der Waals surface area (Å²) < 4.78 is 5.76. The molecule has 0 radical (unpaired) electrons. The molecule has 0 saturated heterocycles. The maximum Gasteiger partial charge on any atom is 0.137 e. The van der Waals surface area contributed by atoms with Crippen molar-refractivity contribution in [2.24, 2.45) is 0 Å². The predicted molar refractivity (Wildman–Crippen MR) is 63.5 cm³/mol. The van der Waals surface area contributed by atoms with Gasteiger partial charge in [0.25, 0.3) is 0 Å². The van der Waals surface area contributed by atoms with Crippen LogP contribution >= 0.6 is 0 Å². The molecule has 0 atom stereocenters. The van der Waals surface area contributed by atoms with Crippen molar-refractivity contribution in [2.45, 2.75) is 45.1 Å². The smallest absolute Gasteiger partial charge is 0.137 e. The average molecular weight is 215 g/mol. The van der Waals surface area contributed by atoms with Crippen molar-refractivity contribution in [3.05, 3.63) is 29.3 Å². The van der Waals surface area contributed by atoms with Gasteiger partial charge < -0.3 is 4.74 Å². The Morgan fingerprint density at radius 3 is 2.50 bits per heavy atom. The lowest BCUT2D eigenvalue weighted by atomic mass is 9.86. The molecule has 1 aliphatic carbocycles. The van der Waals surface area contributed by atoms with Crippen molar-refractivity contribution in [3.8, 4) is 11.8 Å². The molecule has 1 fully saturated rings. The summed E-state index contributed by atoms with van der Waals surface area (Å²) in [7, 11) is 0. The molecule has 0 bridgehead atoms. The summed E-state index contributed by atoms with van der Waals surface area (Å²) in [4.78, 5) is 0. The Balaban J connectivity index is 2.34. The molecule has 1 saturated carbocycles. The van der Waals surface area contributed by atoms with Crippen LogP contribution in [0.5, 0.6) is 5.75 Å². The van der Waals surface area contributed by atoms with Crippen LogP contribution < -0.4 is 4.74 Å². The third kappa shape index (κ3) is 2.36. The SMILES string of the molecule is CC(C)(C)c1ccc(C#N)c(OC2CC2)c1. The Morgan fingerprint density at radius 2 is 2.00 bits per heavy atom. The van der Waals surface area contributed by atoms with E-state index in [1.54, 1.807) is 0 Å². The second kappa shape index (κ2) is 3.83. The molecular weight excluding hydrogens is 198 g/mol. The fraction of sp³-hybridized carbons (Fsp3) is 0.500.